The van der Waals surface area contributed by atoms with E-state index in [9.17, 15) is 0 Å². The topological polar surface area (TPSA) is 16.4 Å². The molecule has 0 aliphatic rings. The van der Waals surface area contributed by atoms with Gasteiger partial charge >= 0.3 is 0 Å². The van der Waals surface area contributed by atoms with Gasteiger partial charge in [0.2, 0.25) is 0 Å². The van der Waals surface area contributed by atoms with Crippen LogP contribution in [0, 0.1) is 0 Å². The summed E-state index contributed by atoms with van der Waals surface area (Å²) < 4.78 is 6.24. The summed E-state index contributed by atoms with van der Waals surface area (Å²) >= 11 is 0. The molecule has 0 fully saturated rings. The molecule has 0 aliphatic heterocycles. The van der Waals surface area contributed by atoms with Crippen molar-refractivity contribution in [1.82, 2.24) is 0 Å². The standard InChI is InChI=1S/C50H33NO/c1-2-11-38(12-3-1)45-14-6-8-16-48(45)51(44-28-29-50-47(33-44)46-15-7-9-17-49(46)52-50)43-27-26-37-23-25-41(31-42(37)32-43)36-20-18-35(19-21-36)40-24-22-34-10-4-5-13-39(34)30-40/h1-33H. The maximum Gasteiger partial charge on any atom is 0.135 e. The first-order valence-corrected chi connectivity index (χ1v) is 17.7. The summed E-state index contributed by atoms with van der Waals surface area (Å²) in [6.45, 7) is 0. The lowest BCUT2D eigenvalue weighted by Crippen LogP contribution is -2.11. The third-order valence-electron chi connectivity index (χ3n) is 10.2. The van der Waals surface area contributed by atoms with Crippen molar-refractivity contribution in [2.75, 3.05) is 4.90 Å². The molecule has 2 nitrogen and oxygen atoms in total. The van der Waals surface area contributed by atoms with Crippen LogP contribution >= 0.6 is 0 Å². The second-order valence-corrected chi connectivity index (χ2v) is 13.4. The summed E-state index contributed by atoms with van der Waals surface area (Å²) in [6, 6.07) is 71.9. The Labute approximate surface area is 302 Å². The fourth-order valence-electron chi connectivity index (χ4n) is 7.59. The highest BCUT2D eigenvalue weighted by Crippen LogP contribution is 2.43. The minimum absolute atomic E-state index is 0.885. The van der Waals surface area contributed by atoms with Crippen LogP contribution in [-0.2, 0) is 0 Å². The Balaban J connectivity index is 1.09. The third-order valence-corrected chi connectivity index (χ3v) is 10.2. The highest BCUT2D eigenvalue weighted by atomic mass is 16.3. The van der Waals surface area contributed by atoms with Gasteiger partial charge in [-0.3, -0.25) is 0 Å². The highest BCUT2D eigenvalue weighted by Gasteiger charge is 2.19. The molecule has 244 valence electrons. The van der Waals surface area contributed by atoms with E-state index in [0.29, 0.717) is 0 Å². The maximum absolute atomic E-state index is 6.24. The molecule has 0 spiro atoms. The molecule has 0 saturated carbocycles. The largest absolute Gasteiger partial charge is 0.456 e. The Bertz CT molecular complexity index is 2900. The van der Waals surface area contributed by atoms with Crippen molar-refractivity contribution >= 4 is 60.5 Å². The average Bonchev–Trinajstić information content (AvgIpc) is 3.59. The predicted molar refractivity (Wildman–Crippen MR) is 220 cm³/mol. The fraction of sp³-hybridized carbons (Fsp3) is 0. The van der Waals surface area contributed by atoms with E-state index in [-0.39, 0.29) is 0 Å². The van der Waals surface area contributed by atoms with Crippen molar-refractivity contribution < 1.29 is 4.42 Å². The molecule has 1 aromatic heterocycles. The van der Waals surface area contributed by atoms with Crippen molar-refractivity contribution in [3.05, 3.63) is 200 Å². The van der Waals surface area contributed by atoms with Gasteiger partial charge in [0.1, 0.15) is 11.2 Å². The van der Waals surface area contributed by atoms with E-state index >= 15 is 0 Å². The second kappa shape index (κ2) is 12.5. The number of fused-ring (bicyclic) bond motifs is 5. The lowest BCUT2D eigenvalue weighted by atomic mass is 9.97. The first-order chi connectivity index (χ1) is 25.7. The number of benzene rings is 9. The Morgan fingerprint density at radius 3 is 1.67 bits per heavy atom. The van der Waals surface area contributed by atoms with Gasteiger partial charge in [-0.1, -0.05) is 146 Å². The molecule has 0 amide bonds. The molecule has 0 aliphatic carbocycles. The van der Waals surface area contributed by atoms with Crippen LogP contribution in [0.3, 0.4) is 0 Å². The van der Waals surface area contributed by atoms with Crippen LogP contribution in [0.15, 0.2) is 205 Å². The molecule has 10 aromatic rings. The van der Waals surface area contributed by atoms with Gasteiger partial charge in [0, 0.05) is 27.7 Å². The minimum Gasteiger partial charge on any atom is -0.456 e. The smallest absolute Gasteiger partial charge is 0.135 e. The Morgan fingerprint density at radius 2 is 0.865 bits per heavy atom. The first kappa shape index (κ1) is 30.0. The van der Waals surface area contributed by atoms with E-state index in [1.165, 1.54) is 54.9 Å². The number of rotatable bonds is 6. The number of hydrogen-bond acceptors (Lipinski definition) is 2. The summed E-state index contributed by atoms with van der Waals surface area (Å²) in [4.78, 5) is 2.38. The van der Waals surface area contributed by atoms with Gasteiger partial charge in [-0.2, -0.15) is 0 Å². The molecule has 1 heterocycles. The molecule has 0 bridgehead atoms. The molecule has 0 radical (unpaired) electrons. The summed E-state index contributed by atoms with van der Waals surface area (Å²) in [6.07, 6.45) is 0. The third kappa shape index (κ3) is 5.30. The van der Waals surface area contributed by atoms with Crippen LogP contribution in [0.2, 0.25) is 0 Å². The molecule has 0 unspecified atom stereocenters. The van der Waals surface area contributed by atoms with Gasteiger partial charge in [-0.15, -0.1) is 0 Å². The second-order valence-electron chi connectivity index (χ2n) is 13.4. The van der Waals surface area contributed by atoms with Crippen molar-refractivity contribution in [3.63, 3.8) is 0 Å². The van der Waals surface area contributed by atoms with Crippen LogP contribution in [0.4, 0.5) is 17.1 Å². The molecule has 2 heteroatoms. The van der Waals surface area contributed by atoms with Crippen LogP contribution in [0.25, 0.3) is 76.9 Å². The van der Waals surface area contributed by atoms with E-state index < -0.39 is 0 Å². The Morgan fingerprint density at radius 1 is 0.308 bits per heavy atom. The normalized spacial score (nSPS) is 11.5. The molecular weight excluding hydrogens is 631 g/mol. The van der Waals surface area contributed by atoms with E-state index in [2.05, 4.69) is 193 Å². The molecule has 0 N–H and O–H groups in total. The van der Waals surface area contributed by atoms with Gasteiger partial charge in [-0.25, -0.2) is 0 Å². The Kier molecular flexibility index (Phi) is 7.18. The molecular formula is C50H33NO. The zero-order valence-electron chi connectivity index (χ0n) is 28.4. The number of furan rings is 1. The number of para-hydroxylation sites is 2. The van der Waals surface area contributed by atoms with E-state index in [4.69, 9.17) is 4.42 Å². The van der Waals surface area contributed by atoms with E-state index in [1.807, 2.05) is 12.1 Å². The molecule has 52 heavy (non-hydrogen) atoms. The van der Waals surface area contributed by atoms with Crippen LogP contribution in [0.5, 0.6) is 0 Å². The van der Waals surface area contributed by atoms with Crippen LogP contribution in [0.1, 0.15) is 0 Å². The van der Waals surface area contributed by atoms with Crippen LogP contribution < -0.4 is 4.90 Å². The molecule has 0 saturated heterocycles. The number of hydrogen-bond donors (Lipinski definition) is 0. The molecule has 0 atom stereocenters. The van der Waals surface area contributed by atoms with E-state index in [1.54, 1.807) is 0 Å². The first-order valence-electron chi connectivity index (χ1n) is 17.7. The summed E-state index contributed by atoms with van der Waals surface area (Å²) in [5.41, 5.74) is 12.2. The van der Waals surface area contributed by atoms with Crippen molar-refractivity contribution in [3.8, 4) is 33.4 Å². The van der Waals surface area contributed by atoms with Gasteiger partial charge in [-0.05, 0) is 104 Å². The predicted octanol–water partition coefficient (Wildman–Crippen LogP) is 14.4. The van der Waals surface area contributed by atoms with Gasteiger partial charge in [0.15, 0.2) is 0 Å². The van der Waals surface area contributed by atoms with Gasteiger partial charge in [0.25, 0.3) is 0 Å². The van der Waals surface area contributed by atoms with Crippen molar-refractivity contribution in [1.29, 1.82) is 0 Å². The lowest BCUT2D eigenvalue weighted by molar-refractivity contribution is 0.669. The van der Waals surface area contributed by atoms with E-state index in [0.717, 1.165) is 39.0 Å². The number of anilines is 3. The van der Waals surface area contributed by atoms with Gasteiger partial charge < -0.3 is 9.32 Å². The molecule has 9 aromatic carbocycles. The van der Waals surface area contributed by atoms with Crippen molar-refractivity contribution in [2.24, 2.45) is 0 Å². The number of nitrogens with zero attached hydrogens (tertiary/aromatic N) is 1. The lowest BCUT2D eigenvalue weighted by Gasteiger charge is -2.28. The zero-order valence-corrected chi connectivity index (χ0v) is 28.4. The monoisotopic (exact) mass is 663 g/mol. The maximum atomic E-state index is 6.24. The van der Waals surface area contributed by atoms with Crippen molar-refractivity contribution in [2.45, 2.75) is 0 Å². The summed E-state index contributed by atoms with van der Waals surface area (Å²) in [5.74, 6) is 0. The average molecular weight is 664 g/mol. The highest BCUT2D eigenvalue weighted by molar-refractivity contribution is 6.07. The SMILES string of the molecule is c1ccc(-c2ccccc2N(c2ccc3ccc(-c4ccc(-c5ccc6ccccc6c5)cc4)cc3c2)c2ccc3oc4ccccc4c3c2)cc1. The van der Waals surface area contributed by atoms with Crippen LogP contribution in [-0.4, -0.2) is 0 Å². The van der Waals surface area contributed by atoms with Gasteiger partial charge in [0.05, 0.1) is 5.69 Å². The summed E-state index contributed by atoms with van der Waals surface area (Å²) in [7, 11) is 0. The quantitative estimate of drug-likeness (QED) is 0.176. The molecule has 10 rings (SSSR count). The summed E-state index contributed by atoms with van der Waals surface area (Å²) in [5, 5.41) is 7.12. The minimum atomic E-state index is 0.885. The fourth-order valence-corrected chi connectivity index (χ4v) is 7.59. The zero-order chi connectivity index (χ0) is 34.4. The Hall–Kier alpha value is -6.90.